The molecule has 2 aromatic heterocycles. The molecule has 7 heteroatoms. The van der Waals surface area contributed by atoms with Gasteiger partial charge in [0.1, 0.15) is 5.82 Å². The van der Waals surface area contributed by atoms with Gasteiger partial charge in [0.25, 0.3) is 0 Å². The lowest BCUT2D eigenvalue weighted by Crippen LogP contribution is -2.37. The van der Waals surface area contributed by atoms with Gasteiger partial charge in [-0.1, -0.05) is 0 Å². The number of piperidine rings is 1. The summed E-state index contributed by atoms with van der Waals surface area (Å²) in [6, 6.07) is 2.07. The molecule has 0 N–H and O–H groups in total. The van der Waals surface area contributed by atoms with Crippen LogP contribution >= 0.6 is 0 Å². The summed E-state index contributed by atoms with van der Waals surface area (Å²) in [7, 11) is 2.17. The van der Waals surface area contributed by atoms with Crippen LogP contribution < -0.4 is 0 Å². The monoisotopic (exact) mass is 396 g/mol. The van der Waals surface area contributed by atoms with Crippen LogP contribution in [0.3, 0.4) is 0 Å². The molecule has 0 aromatic carbocycles. The maximum Gasteiger partial charge on any atom is 0.222 e. The van der Waals surface area contributed by atoms with Crippen molar-refractivity contribution in [3.8, 4) is 0 Å². The van der Waals surface area contributed by atoms with Gasteiger partial charge in [-0.3, -0.25) is 9.48 Å². The Morgan fingerprint density at radius 1 is 1.28 bits per heavy atom. The third kappa shape index (κ3) is 4.66. The van der Waals surface area contributed by atoms with Crippen molar-refractivity contribution >= 4 is 5.91 Å². The number of nitrogens with zero attached hydrogens (tertiary/aromatic N) is 6. The normalized spacial score (nSPS) is 20.0. The molecule has 0 radical (unpaired) electrons. The minimum atomic E-state index is 0.218. The van der Waals surface area contributed by atoms with Crippen LogP contribution in [-0.4, -0.2) is 62.1 Å². The van der Waals surface area contributed by atoms with Crippen LogP contribution in [0.15, 0.2) is 12.3 Å². The van der Waals surface area contributed by atoms with Crippen LogP contribution in [0.4, 0.5) is 0 Å². The summed E-state index contributed by atoms with van der Waals surface area (Å²) >= 11 is 0. The van der Waals surface area contributed by atoms with Crippen molar-refractivity contribution < 1.29 is 4.79 Å². The first-order valence-electron chi connectivity index (χ1n) is 10.8. The Balaban J connectivity index is 1.32. The Bertz CT molecular complexity index is 876. The van der Waals surface area contributed by atoms with Gasteiger partial charge in [0.05, 0.1) is 11.4 Å². The molecule has 1 saturated heterocycles. The molecule has 2 aliphatic rings. The number of aryl methyl sites for hydroxylation is 3. The lowest BCUT2D eigenvalue weighted by atomic mass is 9.97. The molecule has 4 heterocycles. The van der Waals surface area contributed by atoms with Crippen LogP contribution in [-0.2, 0) is 24.3 Å². The fourth-order valence-electron chi connectivity index (χ4n) is 4.56. The van der Waals surface area contributed by atoms with Crippen LogP contribution in [0.5, 0.6) is 0 Å². The van der Waals surface area contributed by atoms with Gasteiger partial charge in [-0.2, -0.15) is 5.10 Å². The van der Waals surface area contributed by atoms with E-state index in [1.807, 2.05) is 22.7 Å². The summed E-state index contributed by atoms with van der Waals surface area (Å²) in [5.74, 6) is 1.64. The SMILES string of the molecule is Cc1cc(C)n(CCCC(=O)N2CCc3nc([C@@H]4CCCN(C)C4)ncc3C2)n1. The summed E-state index contributed by atoms with van der Waals surface area (Å²) in [6.45, 7) is 8.45. The first-order chi connectivity index (χ1) is 14.0. The Kier molecular flexibility index (Phi) is 5.94. The molecule has 0 saturated carbocycles. The van der Waals surface area contributed by atoms with E-state index < -0.39 is 0 Å². The Labute approximate surface area is 173 Å². The van der Waals surface area contributed by atoms with Crippen molar-refractivity contribution in [3.05, 3.63) is 40.7 Å². The molecule has 156 valence electrons. The first kappa shape index (κ1) is 20.0. The fourth-order valence-corrected chi connectivity index (χ4v) is 4.56. The number of amides is 1. The third-order valence-corrected chi connectivity index (χ3v) is 6.16. The predicted octanol–water partition coefficient (Wildman–Crippen LogP) is 2.46. The van der Waals surface area contributed by atoms with Crippen LogP contribution in [0.25, 0.3) is 0 Å². The predicted molar refractivity (Wildman–Crippen MR) is 112 cm³/mol. The average Bonchev–Trinajstić information content (AvgIpc) is 3.04. The number of likely N-dealkylation sites (tertiary alicyclic amines) is 1. The summed E-state index contributed by atoms with van der Waals surface area (Å²) in [5.41, 5.74) is 4.42. The topological polar surface area (TPSA) is 67.2 Å². The van der Waals surface area contributed by atoms with Crippen LogP contribution in [0.1, 0.15) is 60.1 Å². The van der Waals surface area contributed by atoms with Crippen molar-refractivity contribution in [3.63, 3.8) is 0 Å². The first-order valence-corrected chi connectivity index (χ1v) is 10.8. The second-order valence-electron chi connectivity index (χ2n) is 8.62. The minimum Gasteiger partial charge on any atom is -0.338 e. The van der Waals surface area contributed by atoms with E-state index in [4.69, 9.17) is 4.98 Å². The molecule has 2 aliphatic heterocycles. The molecule has 0 unspecified atom stereocenters. The Morgan fingerprint density at radius 2 is 2.14 bits per heavy atom. The van der Waals surface area contributed by atoms with E-state index >= 15 is 0 Å². The lowest BCUT2D eigenvalue weighted by molar-refractivity contribution is -0.132. The summed E-state index contributed by atoms with van der Waals surface area (Å²) in [4.78, 5) is 26.6. The van der Waals surface area contributed by atoms with Gasteiger partial charge in [-0.15, -0.1) is 0 Å². The van der Waals surface area contributed by atoms with Crippen molar-refractivity contribution in [2.75, 3.05) is 26.7 Å². The number of fused-ring (bicyclic) bond motifs is 1. The smallest absolute Gasteiger partial charge is 0.222 e. The van der Waals surface area contributed by atoms with E-state index in [0.717, 1.165) is 67.5 Å². The highest BCUT2D eigenvalue weighted by atomic mass is 16.2. The maximum atomic E-state index is 12.7. The third-order valence-electron chi connectivity index (χ3n) is 6.16. The van der Waals surface area contributed by atoms with Crippen molar-refractivity contribution in [1.29, 1.82) is 0 Å². The summed E-state index contributed by atoms with van der Waals surface area (Å²) < 4.78 is 1.99. The van der Waals surface area contributed by atoms with E-state index in [1.165, 1.54) is 12.8 Å². The average molecular weight is 397 g/mol. The number of likely N-dealkylation sites (N-methyl/N-ethyl adjacent to an activating group) is 1. The zero-order valence-corrected chi connectivity index (χ0v) is 17.9. The van der Waals surface area contributed by atoms with Gasteiger partial charge >= 0.3 is 0 Å². The molecule has 1 fully saturated rings. The maximum absolute atomic E-state index is 12.7. The van der Waals surface area contributed by atoms with Crippen molar-refractivity contribution in [2.24, 2.45) is 0 Å². The molecule has 4 rings (SSSR count). The number of aromatic nitrogens is 4. The second kappa shape index (κ2) is 8.61. The van der Waals surface area contributed by atoms with Gasteiger partial charge in [0.15, 0.2) is 0 Å². The van der Waals surface area contributed by atoms with Crippen molar-refractivity contribution in [2.45, 2.75) is 65.0 Å². The standard InChI is InChI=1S/C22H32N6O/c1-16-12-17(2)28(25-16)10-5-7-21(29)27-11-8-20-19(15-27)13-23-22(24-20)18-6-4-9-26(3)14-18/h12-13,18H,4-11,14-15H2,1-3H3/t18-/m1/s1. The zero-order valence-electron chi connectivity index (χ0n) is 17.9. The molecule has 1 amide bonds. The fraction of sp³-hybridized carbons (Fsp3) is 0.636. The summed E-state index contributed by atoms with van der Waals surface area (Å²) in [5, 5.41) is 4.47. The molecule has 0 bridgehead atoms. The molecule has 7 nitrogen and oxygen atoms in total. The minimum absolute atomic E-state index is 0.218. The Hall–Kier alpha value is -2.28. The number of hydrogen-bond acceptors (Lipinski definition) is 5. The zero-order chi connectivity index (χ0) is 20.4. The highest BCUT2D eigenvalue weighted by Crippen LogP contribution is 2.25. The second-order valence-corrected chi connectivity index (χ2v) is 8.62. The largest absolute Gasteiger partial charge is 0.338 e. The van der Waals surface area contributed by atoms with Gasteiger partial charge in [0, 0.05) is 62.4 Å². The van der Waals surface area contributed by atoms with E-state index in [2.05, 4.69) is 35.0 Å². The number of carbonyl (C=O) groups excluding carboxylic acids is 1. The molecular weight excluding hydrogens is 364 g/mol. The highest BCUT2D eigenvalue weighted by Gasteiger charge is 2.25. The molecule has 1 atom stereocenters. The number of hydrogen-bond donors (Lipinski definition) is 0. The van der Waals surface area contributed by atoms with Gasteiger partial charge in [0.2, 0.25) is 5.91 Å². The Morgan fingerprint density at radius 3 is 2.90 bits per heavy atom. The van der Waals surface area contributed by atoms with E-state index in [0.29, 0.717) is 18.9 Å². The van der Waals surface area contributed by atoms with E-state index in [1.54, 1.807) is 0 Å². The number of rotatable bonds is 5. The van der Waals surface area contributed by atoms with Crippen LogP contribution in [0.2, 0.25) is 0 Å². The molecule has 0 spiro atoms. The lowest BCUT2D eigenvalue weighted by Gasteiger charge is -2.31. The highest BCUT2D eigenvalue weighted by molar-refractivity contribution is 5.76. The van der Waals surface area contributed by atoms with Gasteiger partial charge in [-0.05, 0) is 52.8 Å². The molecule has 29 heavy (non-hydrogen) atoms. The van der Waals surface area contributed by atoms with Crippen molar-refractivity contribution in [1.82, 2.24) is 29.5 Å². The van der Waals surface area contributed by atoms with Crippen LogP contribution in [0, 0.1) is 13.8 Å². The quantitative estimate of drug-likeness (QED) is 0.777. The number of carbonyl (C=O) groups is 1. The summed E-state index contributed by atoms with van der Waals surface area (Å²) in [6.07, 6.45) is 6.54. The van der Waals surface area contributed by atoms with Gasteiger partial charge < -0.3 is 9.80 Å². The molecule has 2 aromatic rings. The molecular formula is C22H32N6O. The molecule has 0 aliphatic carbocycles. The van der Waals surface area contributed by atoms with Gasteiger partial charge in [-0.25, -0.2) is 9.97 Å². The van der Waals surface area contributed by atoms with E-state index in [9.17, 15) is 4.79 Å². The van der Waals surface area contributed by atoms with E-state index in [-0.39, 0.29) is 5.91 Å².